The second-order valence-corrected chi connectivity index (χ2v) is 6.44. The van der Waals surface area contributed by atoms with E-state index in [2.05, 4.69) is 10.3 Å². The summed E-state index contributed by atoms with van der Waals surface area (Å²) in [5.74, 6) is 1.39. The van der Waals surface area contributed by atoms with Crippen LogP contribution >= 0.6 is 11.3 Å². The maximum absolute atomic E-state index is 12.6. The van der Waals surface area contributed by atoms with Crippen LogP contribution in [0.1, 0.15) is 23.9 Å². The molecule has 1 saturated heterocycles. The molecule has 2 aromatic rings. The Balaban J connectivity index is 1.49. The van der Waals surface area contributed by atoms with Crippen LogP contribution in [0.2, 0.25) is 0 Å². The number of benzene rings is 1. The van der Waals surface area contributed by atoms with Gasteiger partial charge in [0.15, 0.2) is 11.5 Å². The molecule has 1 fully saturated rings. The van der Waals surface area contributed by atoms with Crippen LogP contribution in [0, 0.1) is 0 Å². The van der Waals surface area contributed by atoms with Gasteiger partial charge in [-0.3, -0.25) is 0 Å². The van der Waals surface area contributed by atoms with Crippen LogP contribution in [0.5, 0.6) is 11.5 Å². The van der Waals surface area contributed by atoms with Gasteiger partial charge in [-0.25, -0.2) is 9.78 Å². The van der Waals surface area contributed by atoms with Gasteiger partial charge in [0.1, 0.15) is 18.2 Å². The van der Waals surface area contributed by atoms with Crippen molar-refractivity contribution in [3.05, 3.63) is 34.8 Å². The predicted octanol–water partition coefficient (Wildman–Crippen LogP) is 3.28. The van der Waals surface area contributed by atoms with Crippen molar-refractivity contribution in [3.63, 3.8) is 0 Å². The van der Waals surface area contributed by atoms with Crippen molar-refractivity contribution in [2.45, 2.75) is 18.9 Å². The minimum Gasteiger partial charge on any atom is -0.486 e. The third-order valence-electron chi connectivity index (χ3n) is 4.04. The van der Waals surface area contributed by atoms with Crippen molar-refractivity contribution >= 4 is 23.1 Å². The molecular weight excluding hydrogens is 314 g/mol. The molecule has 2 amide bonds. The topological polar surface area (TPSA) is 63.7 Å². The van der Waals surface area contributed by atoms with E-state index in [0.29, 0.717) is 24.7 Å². The fourth-order valence-corrected chi connectivity index (χ4v) is 3.77. The number of hydrogen-bond acceptors (Lipinski definition) is 5. The molecule has 1 N–H and O–H groups in total. The number of amides is 2. The second kappa shape index (κ2) is 6.08. The number of carbonyl (C=O) groups is 1. The van der Waals surface area contributed by atoms with Crippen LogP contribution < -0.4 is 14.8 Å². The molecular formula is C16H17N3O3S. The number of fused-ring (bicyclic) bond motifs is 1. The van der Waals surface area contributed by atoms with Gasteiger partial charge in [-0.1, -0.05) is 0 Å². The van der Waals surface area contributed by atoms with Crippen molar-refractivity contribution in [1.29, 1.82) is 0 Å². The highest BCUT2D eigenvalue weighted by Gasteiger charge is 2.31. The van der Waals surface area contributed by atoms with Gasteiger partial charge in [0.25, 0.3) is 0 Å². The Bertz CT molecular complexity index is 705. The van der Waals surface area contributed by atoms with E-state index in [1.54, 1.807) is 23.6 Å². The van der Waals surface area contributed by atoms with Gasteiger partial charge < -0.3 is 19.7 Å². The van der Waals surface area contributed by atoms with E-state index < -0.39 is 0 Å². The van der Waals surface area contributed by atoms with Gasteiger partial charge in [-0.05, 0) is 25.0 Å². The maximum atomic E-state index is 12.6. The molecule has 0 radical (unpaired) electrons. The summed E-state index contributed by atoms with van der Waals surface area (Å²) in [5, 5.41) is 5.90. The number of ether oxygens (including phenoxy) is 2. The van der Waals surface area contributed by atoms with E-state index >= 15 is 0 Å². The Kier molecular flexibility index (Phi) is 3.78. The third kappa shape index (κ3) is 2.84. The Hall–Kier alpha value is -2.28. The van der Waals surface area contributed by atoms with Crippen LogP contribution in [0.15, 0.2) is 29.8 Å². The number of rotatable bonds is 2. The van der Waals surface area contributed by atoms with Gasteiger partial charge in [-0.15, -0.1) is 11.3 Å². The molecule has 3 heterocycles. The number of anilines is 1. The van der Waals surface area contributed by atoms with Gasteiger partial charge in [0, 0.05) is 29.9 Å². The molecule has 0 unspecified atom stereocenters. The first-order chi connectivity index (χ1) is 11.3. The zero-order chi connectivity index (χ0) is 15.6. The predicted molar refractivity (Wildman–Crippen MR) is 87.2 cm³/mol. The summed E-state index contributed by atoms with van der Waals surface area (Å²) in [4.78, 5) is 18.8. The highest BCUT2D eigenvalue weighted by atomic mass is 32.1. The maximum Gasteiger partial charge on any atom is 0.322 e. The fourth-order valence-electron chi connectivity index (χ4n) is 2.98. The third-order valence-corrected chi connectivity index (χ3v) is 4.92. The number of thiazole rings is 1. The summed E-state index contributed by atoms with van der Waals surface area (Å²) in [7, 11) is 0. The van der Waals surface area contributed by atoms with Crippen LogP contribution in [0.4, 0.5) is 10.5 Å². The molecule has 6 nitrogen and oxygen atoms in total. The van der Waals surface area contributed by atoms with Crippen molar-refractivity contribution in [3.8, 4) is 11.5 Å². The zero-order valence-electron chi connectivity index (χ0n) is 12.5. The molecule has 23 heavy (non-hydrogen) atoms. The molecule has 1 aromatic carbocycles. The molecule has 2 aliphatic rings. The summed E-state index contributed by atoms with van der Waals surface area (Å²) in [5.41, 5.74) is 0.712. The summed E-state index contributed by atoms with van der Waals surface area (Å²) in [6.45, 7) is 1.84. The van der Waals surface area contributed by atoms with Crippen LogP contribution in [0.3, 0.4) is 0 Å². The number of aromatic nitrogens is 1. The van der Waals surface area contributed by atoms with E-state index in [0.717, 1.165) is 30.1 Å². The number of likely N-dealkylation sites (tertiary alicyclic amines) is 1. The van der Waals surface area contributed by atoms with Crippen molar-refractivity contribution < 1.29 is 14.3 Å². The monoisotopic (exact) mass is 331 g/mol. The number of nitrogens with zero attached hydrogens (tertiary/aromatic N) is 2. The lowest BCUT2D eigenvalue weighted by molar-refractivity contribution is 0.171. The number of carbonyl (C=O) groups excluding carboxylic acids is 1. The first-order valence-electron chi connectivity index (χ1n) is 7.68. The van der Waals surface area contributed by atoms with Gasteiger partial charge in [0.05, 0.1) is 6.04 Å². The molecule has 120 valence electrons. The van der Waals surface area contributed by atoms with E-state index in [1.165, 1.54) is 0 Å². The Morgan fingerprint density at radius 3 is 3.00 bits per heavy atom. The smallest absolute Gasteiger partial charge is 0.322 e. The fraction of sp³-hybridized carbons (Fsp3) is 0.375. The van der Waals surface area contributed by atoms with E-state index in [1.807, 2.05) is 22.4 Å². The van der Waals surface area contributed by atoms with Gasteiger partial charge >= 0.3 is 6.03 Å². The lowest BCUT2D eigenvalue weighted by atomic mass is 10.2. The molecule has 0 bridgehead atoms. The summed E-state index contributed by atoms with van der Waals surface area (Å²) >= 11 is 1.60. The minimum absolute atomic E-state index is 0.0761. The molecule has 1 aromatic heterocycles. The minimum atomic E-state index is -0.0978. The average molecular weight is 331 g/mol. The SMILES string of the molecule is O=C(Nc1ccc2c(c1)OCCO2)N1CCC[C@H]1c1nccs1. The molecule has 0 spiro atoms. The lowest BCUT2D eigenvalue weighted by Gasteiger charge is -2.24. The largest absolute Gasteiger partial charge is 0.486 e. The van der Waals surface area contributed by atoms with Crippen molar-refractivity contribution in [2.75, 3.05) is 25.1 Å². The highest BCUT2D eigenvalue weighted by molar-refractivity contribution is 7.09. The molecule has 1 atom stereocenters. The molecule has 7 heteroatoms. The van der Waals surface area contributed by atoms with Gasteiger partial charge in [0.2, 0.25) is 0 Å². The van der Waals surface area contributed by atoms with E-state index in [9.17, 15) is 4.79 Å². The summed E-state index contributed by atoms with van der Waals surface area (Å²) < 4.78 is 11.0. The van der Waals surface area contributed by atoms with E-state index in [-0.39, 0.29) is 12.1 Å². The molecule has 2 aliphatic heterocycles. The summed E-state index contributed by atoms with van der Waals surface area (Å²) in [6.07, 6.45) is 3.75. The molecule has 0 aliphatic carbocycles. The number of hydrogen-bond donors (Lipinski definition) is 1. The molecule has 0 saturated carbocycles. The van der Waals surface area contributed by atoms with Crippen molar-refractivity contribution in [1.82, 2.24) is 9.88 Å². The zero-order valence-corrected chi connectivity index (χ0v) is 13.3. The van der Waals surface area contributed by atoms with Crippen LogP contribution in [-0.2, 0) is 0 Å². The Morgan fingerprint density at radius 1 is 1.30 bits per heavy atom. The molecule has 4 rings (SSSR count). The van der Waals surface area contributed by atoms with E-state index in [4.69, 9.17) is 9.47 Å². The standard InChI is InChI=1S/C16H17N3O3S/c20-16(19-6-1-2-12(19)15-17-5-9-23-15)18-11-3-4-13-14(10-11)22-8-7-21-13/h3-5,9-10,12H,1-2,6-8H2,(H,18,20)/t12-/m0/s1. The number of nitrogens with one attached hydrogen (secondary N) is 1. The first kappa shape index (κ1) is 14.3. The Morgan fingerprint density at radius 2 is 2.17 bits per heavy atom. The van der Waals surface area contributed by atoms with Crippen molar-refractivity contribution in [2.24, 2.45) is 0 Å². The second-order valence-electron chi connectivity index (χ2n) is 5.51. The Labute approximate surface area is 138 Å². The summed E-state index contributed by atoms with van der Waals surface area (Å²) in [6, 6.07) is 5.44. The highest BCUT2D eigenvalue weighted by Crippen LogP contribution is 2.35. The lowest BCUT2D eigenvalue weighted by Crippen LogP contribution is -2.34. The van der Waals surface area contributed by atoms with Crippen LogP contribution in [-0.4, -0.2) is 35.7 Å². The normalized spacial score (nSPS) is 19.7. The van der Waals surface area contributed by atoms with Gasteiger partial charge in [-0.2, -0.15) is 0 Å². The van der Waals surface area contributed by atoms with Crippen LogP contribution in [0.25, 0.3) is 0 Å². The number of urea groups is 1. The quantitative estimate of drug-likeness (QED) is 0.917. The average Bonchev–Trinajstić information content (AvgIpc) is 3.25. The first-order valence-corrected chi connectivity index (χ1v) is 8.56.